The quantitative estimate of drug-likeness (QED) is 0.471. The lowest BCUT2D eigenvalue weighted by Crippen LogP contribution is -2.30. The van der Waals surface area contributed by atoms with Crippen molar-refractivity contribution in [2.24, 2.45) is 0 Å². The molecular weight excluding hydrogens is 402 g/mol. The van der Waals surface area contributed by atoms with Gasteiger partial charge in [-0.1, -0.05) is 28.9 Å². The number of nitrogens with one attached hydrogen (secondary N) is 3. The normalized spacial score (nSPS) is 9.53. The maximum Gasteiger partial charge on any atom is 0.277 e. The van der Waals surface area contributed by atoms with Gasteiger partial charge in [-0.25, -0.2) is 0 Å². The lowest BCUT2D eigenvalue weighted by atomic mass is 10.3. The van der Waals surface area contributed by atoms with Gasteiger partial charge in [0.1, 0.15) is 15.3 Å². The Bertz CT molecular complexity index is 1250. The van der Waals surface area contributed by atoms with E-state index in [2.05, 4.69) is 27.4 Å². The topological polar surface area (TPSA) is 116 Å². The van der Waals surface area contributed by atoms with Gasteiger partial charge in [0, 0.05) is 37.6 Å². The number of benzene rings is 1. The highest BCUT2D eigenvalue weighted by atomic mass is 32.1. The average Bonchev–Trinajstić information content (AvgIpc) is 3.00. The van der Waals surface area contributed by atoms with Crippen LogP contribution in [0.1, 0.15) is 20.8 Å². The molecule has 2 rings (SSSR count). The molecule has 1 aromatic carbocycles. The van der Waals surface area contributed by atoms with E-state index in [0.717, 1.165) is 11.3 Å². The summed E-state index contributed by atoms with van der Waals surface area (Å²) in [5, 5.41) is 17.4. The number of amides is 2. The fourth-order valence-corrected chi connectivity index (χ4v) is 3.43. The number of carbonyl (C=O) groups is 2. The summed E-state index contributed by atoms with van der Waals surface area (Å²) in [6.45, 7) is 5.70. The van der Waals surface area contributed by atoms with Crippen LogP contribution in [0, 0.1) is 11.3 Å². The second-order valence-corrected chi connectivity index (χ2v) is 6.95. The first-order valence-electron chi connectivity index (χ1n) is 9.17. The first-order valence-corrected chi connectivity index (χ1v) is 9.99. The third kappa shape index (κ3) is 5.84. The van der Waals surface area contributed by atoms with E-state index in [9.17, 15) is 19.6 Å². The summed E-state index contributed by atoms with van der Waals surface area (Å²) >= 11 is 1.08. The van der Waals surface area contributed by atoms with E-state index in [1.165, 1.54) is 17.7 Å². The summed E-state index contributed by atoms with van der Waals surface area (Å²) in [7, 11) is 0. The Morgan fingerprint density at radius 1 is 1.27 bits per heavy atom. The van der Waals surface area contributed by atoms with Crippen LogP contribution in [0.25, 0.3) is 11.5 Å². The number of likely N-dealkylation sites (N-methyl/N-ethyl adjacent to an activating group) is 1. The van der Waals surface area contributed by atoms with Gasteiger partial charge >= 0.3 is 0 Å². The predicted molar refractivity (Wildman–Crippen MR) is 117 cm³/mol. The molecule has 0 bridgehead atoms. The molecule has 0 fully saturated rings. The molecule has 2 amide bonds. The molecule has 0 unspecified atom stereocenters. The Morgan fingerprint density at radius 2 is 2.00 bits per heavy atom. The molecule has 154 valence electrons. The van der Waals surface area contributed by atoms with Gasteiger partial charge < -0.3 is 16.0 Å². The number of nitrogens with zero attached hydrogens (tertiary/aromatic N) is 2. The third-order valence-electron chi connectivity index (χ3n) is 3.73. The van der Waals surface area contributed by atoms with Crippen molar-refractivity contribution < 1.29 is 9.59 Å². The van der Waals surface area contributed by atoms with Gasteiger partial charge in [-0.15, -0.1) is 0 Å². The molecule has 8 nitrogen and oxygen atoms in total. The molecule has 0 atom stereocenters. The van der Waals surface area contributed by atoms with Gasteiger partial charge in [-0.05, 0) is 32.0 Å². The highest BCUT2D eigenvalue weighted by Crippen LogP contribution is 2.14. The van der Waals surface area contributed by atoms with Gasteiger partial charge in [0.2, 0.25) is 5.91 Å². The molecule has 0 aliphatic rings. The standard InChI is InChI=1S/C21H21N5O3S/c1-4-23-20(28)15(13-22)11-19-26(5-2)21(29)18(30-19)9-10-24-16-7-6-8-17(12-16)25-14(3)27/h6-8,10,12,24H,4-5H2,1-3H3,(H,23,28)(H,25,27). The van der Waals surface area contributed by atoms with Crippen molar-refractivity contribution in [1.82, 2.24) is 9.88 Å². The van der Waals surface area contributed by atoms with E-state index in [0.29, 0.717) is 33.7 Å². The van der Waals surface area contributed by atoms with Crippen LogP contribution in [-0.2, 0) is 16.1 Å². The van der Waals surface area contributed by atoms with E-state index >= 15 is 0 Å². The summed E-state index contributed by atoms with van der Waals surface area (Å²) in [5.74, 6) is -0.709. The van der Waals surface area contributed by atoms with Crippen molar-refractivity contribution >= 4 is 46.0 Å². The summed E-state index contributed by atoms with van der Waals surface area (Å²) in [5.41, 5.74) is 6.50. The highest BCUT2D eigenvalue weighted by molar-refractivity contribution is 7.07. The molecule has 1 heterocycles. The minimum Gasteiger partial charge on any atom is -0.355 e. The molecular formula is C21H21N5O3S. The number of anilines is 2. The Kier molecular flexibility index (Phi) is 7.98. The summed E-state index contributed by atoms with van der Waals surface area (Å²) < 4.78 is 2.10. The van der Waals surface area contributed by atoms with Crippen molar-refractivity contribution in [1.29, 1.82) is 5.26 Å². The molecule has 3 N–H and O–H groups in total. The molecule has 0 aliphatic heterocycles. The van der Waals surface area contributed by atoms with Crippen molar-refractivity contribution in [3.05, 3.63) is 55.6 Å². The fourth-order valence-electron chi connectivity index (χ4n) is 2.45. The monoisotopic (exact) mass is 423 g/mol. The molecule has 0 aliphatic carbocycles. The lowest BCUT2D eigenvalue weighted by Gasteiger charge is -2.04. The first-order chi connectivity index (χ1) is 14.4. The van der Waals surface area contributed by atoms with Crippen LogP contribution in [0.4, 0.5) is 11.4 Å². The minimum absolute atomic E-state index is 0.172. The molecule has 9 heteroatoms. The zero-order valence-electron chi connectivity index (χ0n) is 16.8. The second-order valence-electron chi connectivity index (χ2n) is 5.95. The van der Waals surface area contributed by atoms with E-state index in [1.807, 2.05) is 6.07 Å². The Labute approximate surface area is 177 Å². The molecule has 2 aromatic rings. The summed E-state index contributed by atoms with van der Waals surface area (Å²) in [6, 6.07) is 8.89. The van der Waals surface area contributed by atoms with Crippen LogP contribution in [-0.4, -0.2) is 22.9 Å². The van der Waals surface area contributed by atoms with Gasteiger partial charge in [-0.3, -0.25) is 19.0 Å². The molecule has 30 heavy (non-hydrogen) atoms. The van der Waals surface area contributed by atoms with Gasteiger partial charge in [0.15, 0.2) is 5.57 Å². The number of rotatable bonds is 6. The van der Waals surface area contributed by atoms with Crippen LogP contribution in [0.3, 0.4) is 0 Å². The maximum atomic E-state index is 12.6. The van der Waals surface area contributed by atoms with Crippen molar-refractivity contribution in [2.45, 2.75) is 27.3 Å². The number of hydrogen-bond donors (Lipinski definition) is 3. The van der Waals surface area contributed by atoms with E-state index in [1.54, 1.807) is 38.1 Å². The lowest BCUT2D eigenvalue weighted by molar-refractivity contribution is -0.117. The van der Waals surface area contributed by atoms with Crippen LogP contribution in [0.2, 0.25) is 0 Å². The van der Waals surface area contributed by atoms with Crippen LogP contribution < -0.4 is 30.7 Å². The highest BCUT2D eigenvalue weighted by Gasteiger charge is 2.08. The molecule has 0 radical (unpaired) electrons. The van der Waals surface area contributed by atoms with Crippen molar-refractivity contribution in [3.8, 4) is 6.07 Å². The SMILES string of the molecule is CCNC(=O)C(=C=c1sc(=C=CNc2cccc(NC(C)=O)c2)c(=O)n1CC)C#N. The van der Waals surface area contributed by atoms with Crippen LogP contribution >= 0.6 is 11.3 Å². The zero-order chi connectivity index (χ0) is 22.1. The van der Waals surface area contributed by atoms with Gasteiger partial charge in [-0.2, -0.15) is 5.26 Å². The Balaban J connectivity index is 2.49. The van der Waals surface area contributed by atoms with Gasteiger partial charge in [0.05, 0.1) is 0 Å². The van der Waals surface area contributed by atoms with Crippen molar-refractivity contribution in [2.75, 3.05) is 17.2 Å². The van der Waals surface area contributed by atoms with Crippen molar-refractivity contribution in [3.63, 3.8) is 0 Å². The van der Waals surface area contributed by atoms with Crippen LogP contribution in [0.15, 0.2) is 40.8 Å². The molecule has 0 saturated carbocycles. The molecule has 0 saturated heterocycles. The first kappa shape index (κ1) is 22.5. The number of thiazole rings is 1. The number of aromatic nitrogens is 1. The molecule has 0 spiro atoms. The third-order valence-corrected chi connectivity index (χ3v) is 4.75. The second kappa shape index (κ2) is 10.6. The summed E-state index contributed by atoms with van der Waals surface area (Å²) in [4.78, 5) is 35.7. The van der Waals surface area contributed by atoms with Crippen LogP contribution in [0.5, 0.6) is 0 Å². The van der Waals surface area contributed by atoms with E-state index in [4.69, 9.17) is 0 Å². The predicted octanol–water partition coefficient (Wildman–Crippen LogP) is 0.859. The number of hydrogen-bond acceptors (Lipinski definition) is 6. The summed E-state index contributed by atoms with van der Waals surface area (Å²) in [6.07, 6.45) is 1.49. The fraction of sp³-hybridized carbons (Fsp3) is 0.238. The Morgan fingerprint density at radius 3 is 2.63 bits per heavy atom. The largest absolute Gasteiger partial charge is 0.355 e. The molecule has 1 aromatic heterocycles. The Hall–Kier alpha value is -3.82. The maximum absolute atomic E-state index is 12.6. The van der Waals surface area contributed by atoms with E-state index in [-0.39, 0.29) is 17.0 Å². The minimum atomic E-state index is -0.537. The number of nitriles is 1. The van der Waals surface area contributed by atoms with E-state index < -0.39 is 5.91 Å². The smallest absolute Gasteiger partial charge is 0.277 e. The average molecular weight is 423 g/mol. The van der Waals surface area contributed by atoms with Gasteiger partial charge in [0.25, 0.3) is 11.5 Å². The zero-order valence-corrected chi connectivity index (χ0v) is 17.6. The number of carbonyl (C=O) groups excluding carboxylic acids is 2.